The van der Waals surface area contributed by atoms with E-state index in [9.17, 15) is 13.5 Å². The van der Waals surface area contributed by atoms with Gasteiger partial charge in [-0.1, -0.05) is 54.2 Å². The molecule has 0 saturated carbocycles. The highest BCUT2D eigenvalue weighted by molar-refractivity contribution is 7.99. The first-order valence-electron chi connectivity index (χ1n) is 8.75. The van der Waals surface area contributed by atoms with E-state index in [2.05, 4.69) is 9.71 Å². The van der Waals surface area contributed by atoms with E-state index in [0.717, 1.165) is 15.8 Å². The Morgan fingerprint density at radius 1 is 1.00 bits per heavy atom. The van der Waals surface area contributed by atoms with Gasteiger partial charge in [0.05, 0.1) is 21.9 Å². The van der Waals surface area contributed by atoms with Crippen molar-refractivity contribution in [3.05, 3.63) is 66.9 Å². The maximum absolute atomic E-state index is 12.2. The zero-order chi connectivity index (χ0) is 19.7. The number of rotatable bonds is 5. The van der Waals surface area contributed by atoms with Gasteiger partial charge in [0, 0.05) is 27.3 Å². The van der Waals surface area contributed by atoms with E-state index < -0.39 is 10.0 Å². The van der Waals surface area contributed by atoms with Crippen LogP contribution >= 0.6 is 11.8 Å². The molecule has 0 unspecified atom stereocenters. The predicted molar refractivity (Wildman–Crippen MR) is 115 cm³/mol. The molecule has 142 valence electrons. The third kappa shape index (κ3) is 3.50. The van der Waals surface area contributed by atoms with Gasteiger partial charge in [0.2, 0.25) is 10.0 Å². The van der Waals surface area contributed by atoms with E-state index in [1.807, 2.05) is 42.5 Å². The number of sulfonamides is 1. The van der Waals surface area contributed by atoms with E-state index in [0.29, 0.717) is 21.4 Å². The molecular weight excluding hydrogens is 392 g/mol. The van der Waals surface area contributed by atoms with Gasteiger partial charge >= 0.3 is 0 Å². The number of nitrogens with zero attached hydrogens (tertiary/aromatic N) is 1. The van der Waals surface area contributed by atoms with Crippen molar-refractivity contribution in [2.75, 3.05) is 10.5 Å². The minimum Gasteiger partial charge on any atom is -0.506 e. The van der Waals surface area contributed by atoms with Crippen LogP contribution in [-0.2, 0) is 10.0 Å². The molecule has 7 heteroatoms. The molecule has 0 saturated heterocycles. The summed E-state index contributed by atoms with van der Waals surface area (Å²) in [6, 6.07) is 18.6. The van der Waals surface area contributed by atoms with Gasteiger partial charge in [-0.2, -0.15) is 0 Å². The number of phenolic OH excluding ortho intramolecular Hbond substituents is 1. The molecule has 0 fully saturated rings. The van der Waals surface area contributed by atoms with Crippen LogP contribution in [-0.4, -0.2) is 24.3 Å². The van der Waals surface area contributed by atoms with E-state index >= 15 is 0 Å². The van der Waals surface area contributed by atoms with Crippen LogP contribution in [0.4, 0.5) is 5.69 Å². The number of hydrogen-bond acceptors (Lipinski definition) is 5. The summed E-state index contributed by atoms with van der Waals surface area (Å²) >= 11 is 1.36. The lowest BCUT2D eigenvalue weighted by Crippen LogP contribution is -2.14. The highest BCUT2D eigenvalue weighted by Gasteiger charge is 2.16. The summed E-state index contributed by atoms with van der Waals surface area (Å²) in [6.07, 6.45) is 1.73. The van der Waals surface area contributed by atoms with Crippen molar-refractivity contribution in [2.24, 2.45) is 0 Å². The van der Waals surface area contributed by atoms with Gasteiger partial charge in [0.25, 0.3) is 0 Å². The van der Waals surface area contributed by atoms with Crippen molar-refractivity contribution in [2.45, 2.75) is 16.7 Å². The van der Waals surface area contributed by atoms with Crippen molar-refractivity contribution in [1.29, 1.82) is 0 Å². The van der Waals surface area contributed by atoms with Crippen molar-refractivity contribution in [1.82, 2.24) is 4.98 Å². The standard InChI is InChI=1S/C21H18N2O3S2/c1-2-28(25,26)23-17-13-19(21(24)16-10-4-3-9-15(16)17)27-18-11-5-7-14-8-6-12-22-20(14)18/h3-13,23-24H,2H2,1H3. The maximum Gasteiger partial charge on any atom is 0.232 e. The molecule has 5 nitrogen and oxygen atoms in total. The molecule has 0 radical (unpaired) electrons. The Morgan fingerprint density at radius 3 is 2.54 bits per heavy atom. The third-order valence-corrected chi connectivity index (χ3v) is 6.81. The summed E-state index contributed by atoms with van der Waals surface area (Å²) in [4.78, 5) is 5.89. The minimum atomic E-state index is -3.45. The number of para-hydroxylation sites is 1. The zero-order valence-electron chi connectivity index (χ0n) is 15.1. The number of fused-ring (bicyclic) bond motifs is 2. The quantitative estimate of drug-likeness (QED) is 0.452. The van der Waals surface area contributed by atoms with Gasteiger partial charge < -0.3 is 5.11 Å². The zero-order valence-corrected chi connectivity index (χ0v) is 16.7. The van der Waals surface area contributed by atoms with Gasteiger partial charge in [-0.05, 0) is 25.1 Å². The maximum atomic E-state index is 12.2. The summed E-state index contributed by atoms with van der Waals surface area (Å²) < 4.78 is 26.9. The molecule has 3 aromatic carbocycles. The number of phenols is 1. The molecule has 0 amide bonds. The van der Waals surface area contributed by atoms with Crippen LogP contribution in [0, 0.1) is 0 Å². The Morgan fingerprint density at radius 2 is 1.75 bits per heavy atom. The minimum absolute atomic E-state index is 0.0298. The van der Waals surface area contributed by atoms with Crippen LogP contribution in [0.25, 0.3) is 21.7 Å². The first-order valence-corrected chi connectivity index (χ1v) is 11.2. The van der Waals surface area contributed by atoms with E-state index in [1.165, 1.54) is 11.8 Å². The van der Waals surface area contributed by atoms with Crippen LogP contribution in [0.2, 0.25) is 0 Å². The summed E-state index contributed by atoms with van der Waals surface area (Å²) in [5, 5.41) is 13.1. The molecule has 0 aliphatic heterocycles. The van der Waals surface area contributed by atoms with E-state index in [-0.39, 0.29) is 11.5 Å². The molecule has 1 heterocycles. The second kappa shape index (κ2) is 7.33. The lowest BCUT2D eigenvalue weighted by molar-refractivity contribution is 0.469. The molecule has 2 N–H and O–H groups in total. The van der Waals surface area contributed by atoms with Crippen molar-refractivity contribution < 1.29 is 13.5 Å². The third-order valence-electron chi connectivity index (χ3n) is 4.44. The fourth-order valence-electron chi connectivity index (χ4n) is 3.01. The van der Waals surface area contributed by atoms with Crippen molar-refractivity contribution >= 4 is 49.1 Å². The molecule has 0 bridgehead atoms. The average molecular weight is 411 g/mol. The molecule has 1 aromatic heterocycles. The Kier molecular flexibility index (Phi) is 4.87. The predicted octanol–water partition coefficient (Wildman–Crippen LogP) is 5.01. The first-order chi connectivity index (χ1) is 13.5. The molecular formula is C21H18N2O3S2. The Labute approximate surface area is 167 Å². The number of hydrogen-bond donors (Lipinski definition) is 2. The summed E-state index contributed by atoms with van der Waals surface area (Å²) in [6.45, 7) is 1.59. The molecule has 0 spiro atoms. The average Bonchev–Trinajstić information content (AvgIpc) is 2.71. The van der Waals surface area contributed by atoms with Crippen LogP contribution < -0.4 is 4.72 Å². The Bertz CT molecular complexity index is 1280. The van der Waals surface area contributed by atoms with Crippen LogP contribution in [0.1, 0.15) is 6.92 Å². The largest absolute Gasteiger partial charge is 0.506 e. The molecule has 4 rings (SSSR count). The van der Waals surface area contributed by atoms with E-state index in [4.69, 9.17) is 0 Å². The molecule has 4 aromatic rings. The molecule has 0 atom stereocenters. The normalized spacial score (nSPS) is 11.8. The van der Waals surface area contributed by atoms with Crippen molar-refractivity contribution in [3.63, 3.8) is 0 Å². The fourth-order valence-corrected chi connectivity index (χ4v) is 4.70. The van der Waals surface area contributed by atoms with Crippen molar-refractivity contribution in [3.8, 4) is 5.75 Å². The number of aromatic nitrogens is 1. The first kappa shape index (κ1) is 18.6. The SMILES string of the molecule is CCS(=O)(=O)Nc1cc(Sc2cccc3cccnc23)c(O)c2ccccc12. The van der Waals surface area contributed by atoms with Gasteiger partial charge in [-0.15, -0.1) is 0 Å². The fraction of sp³-hybridized carbons (Fsp3) is 0.0952. The summed E-state index contributed by atoms with van der Waals surface area (Å²) in [5.74, 6) is 0.0887. The highest BCUT2D eigenvalue weighted by Crippen LogP contribution is 2.43. The van der Waals surface area contributed by atoms with Gasteiger partial charge in [0.1, 0.15) is 5.75 Å². The van der Waals surface area contributed by atoms with Crippen LogP contribution in [0.5, 0.6) is 5.75 Å². The second-order valence-corrected chi connectivity index (χ2v) is 9.35. The number of aromatic hydroxyl groups is 1. The lowest BCUT2D eigenvalue weighted by Gasteiger charge is -2.14. The molecule has 0 aliphatic carbocycles. The number of nitrogens with one attached hydrogen (secondary N) is 1. The summed E-state index contributed by atoms with van der Waals surface area (Å²) in [7, 11) is -3.45. The van der Waals surface area contributed by atoms with Gasteiger partial charge in [0.15, 0.2) is 0 Å². The topological polar surface area (TPSA) is 79.3 Å². The lowest BCUT2D eigenvalue weighted by atomic mass is 10.1. The Hall–Kier alpha value is -2.77. The highest BCUT2D eigenvalue weighted by atomic mass is 32.2. The number of pyridine rings is 1. The van der Waals surface area contributed by atoms with Crippen LogP contribution in [0.15, 0.2) is 76.7 Å². The van der Waals surface area contributed by atoms with Crippen LogP contribution in [0.3, 0.4) is 0 Å². The summed E-state index contributed by atoms with van der Waals surface area (Å²) in [5.41, 5.74) is 1.28. The van der Waals surface area contributed by atoms with Gasteiger partial charge in [-0.3, -0.25) is 9.71 Å². The smallest absolute Gasteiger partial charge is 0.232 e. The molecule has 0 aliphatic rings. The van der Waals surface area contributed by atoms with Gasteiger partial charge in [-0.25, -0.2) is 8.42 Å². The van der Waals surface area contributed by atoms with E-state index in [1.54, 1.807) is 31.3 Å². The monoisotopic (exact) mass is 410 g/mol. The number of benzene rings is 3. The molecule has 28 heavy (non-hydrogen) atoms. The Balaban J connectivity index is 1.88. The number of anilines is 1. The second-order valence-electron chi connectivity index (χ2n) is 6.26.